The normalized spacial score (nSPS) is 18.1. The van der Waals surface area contributed by atoms with Crippen molar-refractivity contribution in [1.82, 2.24) is 25.1 Å². The van der Waals surface area contributed by atoms with E-state index < -0.39 is 0 Å². The molecular formula is C19H22N6O3S. The van der Waals surface area contributed by atoms with E-state index in [1.807, 2.05) is 30.0 Å². The third-order valence-corrected chi connectivity index (χ3v) is 6.16. The van der Waals surface area contributed by atoms with Gasteiger partial charge < -0.3 is 20.0 Å². The molecule has 0 spiro atoms. The average molecular weight is 414 g/mol. The topological polar surface area (TPSA) is 131 Å². The number of piperidine rings is 1. The van der Waals surface area contributed by atoms with Gasteiger partial charge in [0, 0.05) is 13.1 Å². The van der Waals surface area contributed by atoms with Crippen LogP contribution in [-0.4, -0.2) is 49.3 Å². The van der Waals surface area contributed by atoms with Crippen LogP contribution in [0, 0.1) is 0 Å². The monoisotopic (exact) mass is 414 g/mol. The summed E-state index contributed by atoms with van der Waals surface area (Å²) in [5.74, 6) is 1.56. The van der Waals surface area contributed by atoms with Gasteiger partial charge in [0.2, 0.25) is 11.8 Å². The summed E-state index contributed by atoms with van der Waals surface area (Å²) in [5.41, 5.74) is 6.00. The van der Waals surface area contributed by atoms with Crippen molar-refractivity contribution < 1.29 is 9.21 Å². The molecule has 29 heavy (non-hydrogen) atoms. The van der Waals surface area contributed by atoms with Crippen molar-refractivity contribution in [2.24, 2.45) is 0 Å². The summed E-state index contributed by atoms with van der Waals surface area (Å²) in [6.45, 7) is 3.12. The fourth-order valence-corrected chi connectivity index (χ4v) is 4.36. The molecule has 2 atom stereocenters. The first-order chi connectivity index (χ1) is 14.0. The van der Waals surface area contributed by atoms with Gasteiger partial charge in [-0.15, -0.1) is 16.9 Å². The van der Waals surface area contributed by atoms with E-state index >= 15 is 0 Å². The number of nitrogens with zero attached hydrogens (tertiary/aromatic N) is 4. The van der Waals surface area contributed by atoms with Crippen molar-refractivity contribution >= 4 is 34.6 Å². The Hall–Kier alpha value is -2.88. The van der Waals surface area contributed by atoms with Crippen LogP contribution in [0.3, 0.4) is 0 Å². The number of thioether (sulfide) groups is 1. The summed E-state index contributed by atoms with van der Waals surface area (Å²) in [4.78, 5) is 34.2. The molecule has 10 heteroatoms. The number of para-hydroxylation sites is 1. The van der Waals surface area contributed by atoms with Gasteiger partial charge in [0.15, 0.2) is 0 Å². The van der Waals surface area contributed by atoms with Crippen molar-refractivity contribution in [1.29, 1.82) is 0 Å². The van der Waals surface area contributed by atoms with E-state index in [-0.39, 0.29) is 28.6 Å². The molecule has 1 aliphatic heterocycles. The minimum absolute atomic E-state index is 0.00760. The van der Waals surface area contributed by atoms with Crippen LogP contribution < -0.4 is 11.3 Å². The minimum atomic E-state index is -0.265. The molecule has 9 nitrogen and oxygen atoms in total. The number of hydrogen-bond acceptors (Lipinski definition) is 8. The molecule has 1 aliphatic rings. The van der Waals surface area contributed by atoms with E-state index in [2.05, 4.69) is 20.2 Å². The van der Waals surface area contributed by atoms with Crippen LogP contribution in [0.25, 0.3) is 10.9 Å². The number of aromatic nitrogens is 4. The summed E-state index contributed by atoms with van der Waals surface area (Å²) in [6, 6.07) is 7.26. The first-order valence-electron chi connectivity index (χ1n) is 9.48. The van der Waals surface area contributed by atoms with Crippen molar-refractivity contribution in [2.45, 2.75) is 36.7 Å². The highest BCUT2D eigenvalue weighted by Gasteiger charge is 2.30. The van der Waals surface area contributed by atoms with E-state index in [1.54, 1.807) is 6.07 Å². The predicted octanol–water partition coefficient (Wildman–Crippen LogP) is 1.92. The van der Waals surface area contributed by atoms with Gasteiger partial charge in [-0.25, -0.2) is 4.98 Å². The molecule has 3 N–H and O–H groups in total. The van der Waals surface area contributed by atoms with Crippen molar-refractivity contribution in [3.8, 4) is 0 Å². The van der Waals surface area contributed by atoms with Gasteiger partial charge >= 0.3 is 6.01 Å². The van der Waals surface area contributed by atoms with E-state index in [4.69, 9.17) is 10.2 Å². The molecule has 0 bridgehead atoms. The maximum atomic E-state index is 12.9. The van der Waals surface area contributed by atoms with E-state index in [9.17, 15) is 9.59 Å². The minimum Gasteiger partial charge on any atom is -0.408 e. The lowest BCUT2D eigenvalue weighted by Crippen LogP contribution is -2.42. The van der Waals surface area contributed by atoms with Gasteiger partial charge in [-0.3, -0.25) is 9.59 Å². The smallest absolute Gasteiger partial charge is 0.312 e. The average Bonchev–Trinajstić information content (AvgIpc) is 3.18. The third kappa shape index (κ3) is 4.26. The fraction of sp³-hybridized carbons (Fsp3) is 0.421. The summed E-state index contributed by atoms with van der Waals surface area (Å²) in [7, 11) is 0. The number of likely N-dealkylation sites (tertiary alicyclic amines) is 1. The van der Waals surface area contributed by atoms with Gasteiger partial charge in [-0.05, 0) is 31.9 Å². The number of anilines is 1. The number of rotatable bonds is 5. The van der Waals surface area contributed by atoms with Crippen molar-refractivity contribution in [3.05, 3.63) is 46.3 Å². The molecule has 1 aromatic carbocycles. The second kappa shape index (κ2) is 8.24. The second-order valence-corrected chi connectivity index (χ2v) is 8.41. The third-order valence-electron chi connectivity index (χ3n) is 5.02. The van der Waals surface area contributed by atoms with Gasteiger partial charge in [0.1, 0.15) is 5.82 Å². The zero-order valence-corrected chi connectivity index (χ0v) is 16.8. The lowest BCUT2D eigenvalue weighted by molar-refractivity contribution is -0.131. The van der Waals surface area contributed by atoms with Crippen LogP contribution in [0.2, 0.25) is 0 Å². The molecular weight excluding hydrogens is 392 g/mol. The molecule has 0 radical (unpaired) electrons. The standard InChI is InChI=1S/C19H22N6O3S/c1-11(29-10-15-21-14-7-3-2-6-13(14)16(26)22-15)18(27)25-8-4-5-12(9-25)17-23-24-19(20)28-17/h2-3,6-7,11-12H,4-5,8-10H2,1H3,(H2,20,24)(H,21,22,26). The van der Waals surface area contributed by atoms with Gasteiger partial charge in [0.25, 0.3) is 5.56 Å². The highest BCUT2D eigenvalue weighted by molar-refractivity contribution is 7.99. The molecule has 2 aromatic heterocycles. The van der Waals surface area contributed by atoms with Gasteiger partial charge in [-0.1, -0.05) is 17.2 Å². The van der Waals surface area contributed by atoms with Crippen LogP contribution >= 0.6 is 11.8 Å². The van der Waals surface area contributed by atoms with Crippen molar-refractivity contribution in [3.63, 3.8) is 0 Å². The number of nitrogens with two attached hydrogens (primary N) is 1. The van der Waals surface area contributed by atoms with Crippen LogP contribution in [0.15, 0.2) is 33.5 Å². The Bertz CT molecular complexity index is 1080. The molecule has 1 amide bonds. The Morgan fingerprint density at radius 1 is 1.41 bits per heavy atom. The van der Waals surface area contributed by atoms with Gasteiger partial charge in [-0.2, -0.15) is 0 Å². The zero-order chi connectivity index (χ0) is 20.4. The SMILES string of the molecule is CC(SCc1nc2ccccc2c(=O)[nH]1)C(=O)N1CCCC(c2nnc(N)o2)C1. The number of H-pyrrole nitrogens is 1. The highest BCUT2D eigenvalue weighted by Crippen LogP contribution is 2.28. The lowest BCUT2D eigenvalue weighted by Gasteiger charge is -2.32. The zero-order valence-electron chi connectivity index (χ0n) is 16.0. The Kier molecular flexibility index (Phi) is 5.52. The summed E-state index contributed by atoms with van der Waals surface area (Å²) in [6.07, 6.45) is 1.75. The fourth-order valence-electron chi connectivity index (χ4n) is 3.53. The molecule has 4 rings (SSSR count). The highest BCUT2D eigenvalue weighted by atomic mass is 32.2. The van der Waals surface area contributed by atoms with Gasteiger partial charge in [0.05, 0.1) is 27.8 Å². The predicted molar refractivity (Wildman–Crippen MR) is 110 cm³/mol. The molecule has 1 saturated heterocycles. The lowest BCUT2D eigenvalue weighted by atomic mass is 9.98. The molecule has 0 saturated carbocycles. The van der Waals surface area contributed by atoms with Crippen LogP contribution in [-0.2, 0) is 10.5 Å². The number of fused-ring (bicyclic) bond motifs is 1. The van der Waals surface area contributed by atoms with Crippen LogP contribution in [0.5, 0.6) is 0 Å². The number of aromatic amines is 1. The Balaban J connectivity index is 1.38. The maximum absolute atomic E-state index is 12.9. The number of nitrogens with one attached hydrogen (secondary N) is 1. The Morgan fingerprint density at radius 2 is 2.24 bits per heavy atom. The Morgan fingerprint density at radius 3 is 3.03 bits per heavy atom. The van der Waals surface area contributed by atoms with E-state index in [0.717, 1.165) is 12.8 Å². The number of hydrogen-bond donors (Lipinski definition) is 2. The molecule has 3 heterocycles. The number of amides is 1. The maximum Gasteiger partial charge on any atom is 0.312 e. The van der Waals surface area contributed by atoms with E-state index in [1.165, 1.54) is 11.8 Å². The molecule has 2 unspecified atom stereocenters. The summed E-state index contributed by atoms with van der Waals surface area (Å²) in [5, 5.41) is 7.96. The van der Waals surface area contributed by atoms with Crippen LogP contribution in [0.4, 0.5) is 6.01 Å². The number of nitrogen functional groups attached to an aromatic ring is 1. The first-order valence-corrected chi connectivity index (χ1v) is 10.5. The molecule has 152 valence electrons. The molecule has 0 aliphatic carbocycles. The second-order valence-electron chi connectivity index (χ2n) is 7.08. The molecule has 3 aromatic rings. The number of carbonyl (C=O) groups is 1. The van der Waals surface area contributed by atoms with Crippen LogP contribution in [0.1, 0.15) is 37.4 Å². The Labute approximate surface area is 171 Å². The number of benzene rings is 1. The first kappa shape index (κ1) is 19.4. The van der Waals surface area contributed by atoms with E-state index in [0.29, 0.717) is 41.5 Å². The summed E-state index contributed by atoms with van der Waals surface area (Å²) < 4.78 is 5.33. The molecule has 1 fully saturated rings. The van der Waals surface area contributed by atoms with Crippen molar-refractivity contribution in [2.75, 3.05) is 18.8 Å². The largest absolute Gasteiger partial charge is 0.408 e. The quantitative estimate of drug-likeness (QED) is 0.647. The number of carbonyl (C=O) groups excluding carboxylic acids is 1. The summed E-state index contributed by atoms with van der Waals surface area (Å²) >= 11 is 1.45.